The van der Waals surface area contributed by atoms with Gasteiger partial charge in [0.25, 0.3) is 5.91 Å². The first-order valence-corrected chi connectivity index (χ1v) is 12.3. The van der Waals surface area contributed by atoms with Gasteiger partial charge in [-0.05, 0) is 102 Å². The second kappa shape index (κ2) is 13.3. The molecule has 0 atom stereocenters. The van der Waals surface area contributed by atoms with Crippen LogP contribution < -0.4 is 25.5 Å². The van der Waals surface area contributed by atoms with E-state index in [2.05, 4.69) is 37.1 Å². The molecule has 0 heterocycles. The zero-order chi connectivity index (χ0) is 27.7. The Morgan fingerprint density at radius 2 is 1.61 bits per heavy atom. The average molecular weight is 585 g/mol. The molecule has 3 aromatic carbocycles. The molecular formula is C27H26BrFN4O5. The fourth-order valence-corrected chi connectivity index (χ4v) is 3.96. The highest BCUT2D eigenvalue weighted by Gasteiger charge is 2.15. The van der Waals surface area contributed by atoms with Gasteiger partial charge in [-0.2, -0.15) is 5.10 Å². The van der Waals surface area contributed by atoms with Gasteiger partial charge in [-0.25, -0.2) is 9.82 Å². The monoisotopic (exact) mass is 584 g/mol. The summed E-state index contributed by atoms with van der Waals surface area (Å²) in [6.07, 6.45) is 1.31. The highest BCUT2D eigenvalue weighted by Crippen LogP contribution is 2.36. The number of halogens is 2. The lowest BCUT2D eigenvalue weighted by molar-refractivity contribution is -0.136. The fourth-order valence-electron chi connectivity index (χ4n) is 3.38. The molecular weight excluding hydrogens is 559 g/mol. The van der Waals surface area contributed by atoms with E-state index in [4.69, 9.17) is 9.47 Å². The third-order valence-corrected chi connectivity index (χ3v) is 5.46. The first kappa shape index (κ1) is 28.3. The Morgan fingerprint density at radius 3 is 2.26 bits per heavy atom. The lowest BCUT2D eigenvalue weighted by Gasteiger charge is -2.15. The van der Waals surface area contributed by atoms with Gasteiger partial charge >= 0.3 is 11.8 Å². The molecule has 3 N–H and O–H groups in total. The van der Waals surface area contributed by atoms with E-state index in [0.29, 0.717) is 33.8 Å². The lowest BCUT2D eigenvalue weighted by Crippen LogP contribution is -2.32. The summed E-state index contributed by atoms with van der Waals surface area (Å²) in [4.78, 5) is 36.4. The molecule has 38 heavy (non-hydrogen) atoms. The SMILES string of the molecule is CCOc1cc(/C=N\NC(=O)C(=O)Nc2ccc(F)cc2)cc(Br)c1OCC(=O)Nc1cc(C)cc(C)c1. The van der Waals surface area contributed by atoms with Crippen LogP contribution in [0, 0.1) is 19.7 Å². The van der Waals surface area contributed by atoms with E-state index in [1.54, 1.807) is 19.1 Å². The topological polar surface area (TPSA) is 118 Å². The number of rotatable bonds is 9. The summed E-state index contributed by atoms with van der Waals surface area (Å²) in [6.45, 7) is 5.77. The molecule has 0 unspecified atom stereocenters. The molecule has 0 aliphatic carbocycles. The molecule has 0 spiro atoms. The van der Waals surface area contributed by atoms with Gasteiger partial charge in [-0.3, -0.25) is 14.4 Å². The van der Waals surface area contributed by atoms with Gasteiger partial charge in [0.15, 0.2) is 18.1 Å². The number of aryl methyl sites for hydroxylation is 2. The number of ether oxygens (including phenoxy) is 2. The van der Waals surface area contributed by atoms with Crippen LogP contribution >= 0.6 is 15.9 Å². The quantitative estimate of drug-likeness (QED) is 0.191. The fraction of sp³-hybridized carbons (Fsp3) is 0.185. The maximum absolute atomic E-state index is 13.0. The molecule has 0 saturated carbocycles. The van der Waals surface area contributed by atoms with Crippen LogP contribution in [-0.2, 0) is 14.4 Å². The third kappa shape index (κ3) is 8.41. The van der Waals surface area contributed by atoms with E-state index in [1.807, 2.05) is 32.0 Å². The molecule has 3 amide bonds. The molecule has 0 aromatic heterocycles. The largest absolute Gasteiger partial charge is 0.490 e. The summed E-state index contributed by atoms with van der Waals surface area (Å²) in [7, 11) is 0. The van der Waals surface area contributed by atoms with E-state index in [9.17, 15) is 18.8 Å². The second-order valence-corrected chi connectivity index (χ2v) is 8.99. The molecule has 0 bridgehead atoms. The highest BCUT2D eigenvalue weighted by atomic mass is 79.9. The van der Waals surface area contributed by atoms with Crippen molar-refractivity contribution in [3.05, 3.63) is 81.6 Å². The molecule has 9 nitrogen and oxygen atoms in total. The molecule has 198 valence electrons. The van der Waals surface area contributed by atoms with Crippen LogP contribution in [0.15, 0.2) is 64.2 Å². The van der Waals surface area contributed by atoms with Gasteiger partial charge in [-0.1, -0.05) is 6.07 Å². The van der Waals surface area contributed by atoms with Gasteiger partial charge in [0.05, 0.1) is 17.3 Å². The molecule has 0 radical (unpaired) electrons. The molecule has 0 saturated heterocycles. The number of nitrogens with one attached hydrogen (secondary N) is 3. The number of carbonyl (C=O) groups is 3. The predicted octanol–water partition coefficient (Wildman–Crippen LogP) is 4.71. The Kier molecular flexibility index (Phi) is 9.94. The van der Waals surface area contributed by atoms with Crippen LogP contribution in [0.25, 0.3) is 0 Å². The number of benzene rings is 3. The summed E-state index contributed by atoms with van der Waals surface area (Å²) >= 11 is 3.41. The van der Waals surface area contributed by atoms with E-state index in [1.165, 1.54) is 18.3 Å². The van der Waals surface area contributed by atoms with Crippen molar-refractivity contribution < 1.29 is 28.2 Å². The number of anilines is 2. The van der Waals surface area contributed by atoms with E-state index in [0.717, 1.165) is 23.3 Å². The van der Waals surface area contributed by atoms with Crippen molar-refractivity contribution in [2.45, 2.75) is 20.8 Å². The first-order chi connectivity index (χ1) is 18.1. The standard InChI is InChI=1S/C27H26BrFN4O5/c1-4-37-23-13-18(14-30-33-27(36)26(35)32-20-7-5-19(29)6-8-20)12-22(28)25(23)38-15-24(34)31-21-10-16(2)9-17(3)11-21/h5-14H,4,15H2,1-3H3,(H,31,34)(H,32,35)(H,33,36)/b30-14-. The van der Waals surface area contributed by atoms with E-state index >= 15 is 0 Å². The van der Waals surface area contributed by atoms with Gasteiger partial charge < -0.3 is 20.1 Å². The number of amides is 3. The summed E-state index contributed by atoms with van der Waals surface area (Å²) in [6, 6.07) is 14.0. The van der Waals surface area contributed by atoms with Crippen molar-refractivity contribution >= 4 is 51.2 Å². The van der Waals surface area contributed by atoms with Crippen molar-refractivity contribution in [2.24, 2.45) is 5.10 Å². The number of carbonyl (C=O) groups excluding carboxylic acids is 3. The van der Waals surface area contributed by atoms with Gasteiger partial charge in [0.1, 0.15) is 5.82 Å². The van der Waals surface area contributed by atoms with Gasteiger partial charge in [-0.15, -0.1) is 0 Å². The smallest absolute Gasteiger partial charge is 0.329 e. The summed E-state index contributed by atoms with van der Waals surface area (Å²) in [5.41, 5.74) is 5.65. The molecule has 0 fully saturated rings. The Balaban J connectivity index is 1.61. The summed E-state index contributed by atoms with van der Waals surface area (Å²) in [5, 5.41) is 8.94. The lowest BCUT2D eigenvalue weighted by atomic mass is 10.1. The maximum Gasteiger partial charge on any atom is 0.329 e. The Bertz CT molecular complexity index is 1340. The predicted molar refractivity (Wildman–Crippen MR) is 146 cm³/mol. The summed E-state index contributed by atoms with van der Waals surface area (Å²) < 4.78 is 24.9. The first-order valence-electron chi connectivity index (χ1n) is 11.5. The zero-order valence-corrected chi connectivity index (χ0v) is 22.5. The van der Waals surface area contributed by atoms with Crippen LogP contribution in [0.3, 0.4) is 0 Å². The molecule has 3 aromatic rings. The number of hydrogen-bond acceptors (Lipinski definition) is 6. The van der Waals surface area contributed by atoms with E-state index < -0.39 is 17.6 Å². The van der Waals surface area contributed by atoms with Crippen molar-refractivity contribution in [1.29, 1.82) is 0 Å². The van der Waals surface area contributed by atoms with Gasteiger partial charge in [0.2, 0.25) is 0 Å². The van der Waals surface area contributed by atoms with Crippen molar-refractivity contribution in [1.82, 2.24) is 5.43 Å². The Labute approximate surface area is 227 Å². The van der Waals surface area contributed by atoms with Crippen LogP contribution in [0.1, 0.15) is 23.6 Å². The number of nitrogens with zero attached hydrogens (tertiary/aromatic N) is 1. The minimum absolute atomic E-state index is 0.252. The van der Waals surface area contributed by atoms with Crippen molar-refractivity contribution in [3.63, 3.8) is 0 Å². The molecule has 0 aliphatic rings. The molecule has 11 heteroatoms. The van der Waals surface area contributed by atoms with Crippen molar-refractivity contribution in [3.8, 4) is 11.5 Å². The van der Waals surface area contributed by atoms with Crippen LogP contribution in [0.2, 0.25) is 0 Å². The Hall–Kier alpha value is -4.25. The van der Waals surface area contributed by atoms with Crippen LogP contribution in [0.5, 0.6) is 11.5 Å². The van der Waals surface area contributed by atoms with E-state index in [-0.39, 0.29) is 18.2 Å². The maximum atomic E-state index is 13.0. The number of hydrogen-bond donors (Lipinski definition) is 3. The molecule has 0 aliphatic heterocycles. The third-order valence-electron chi connectivity index (χ3n) is 4.87. The summed E-state index contributed by atoms with van der Waals surface area (Å²) in [5.74, 6) is -2.11. The minimum atomic E-state index is -1.01. The van der Waals surface area contributed by atoms with Crippen LogP contribution in [-0.4, -0.2) is 37.1 Å². The van der Waals surface area contributed by atoms with Gasteiger partial charge in [0, 0.05) is 11.4 Å². The zero-order valence-electron chi connectivity index (χ0n) is 20.9. The highest BCUT2D eigenvalue weighted by molar-refractivity contribution is 9.10. The number of hydrazone groups is 1. The Morgan fingerprint density at radius 1 is 0.921 bits per heavy atom. The second-order valence-electron chi connectivity index (χ2n) is 8.14. The average Bonchev–Trinajstić information content (AvgIpc) is 2.84. The normalized spacial score (nSPS) is 10.7. The molecule has 3 rings (SSSR count). The van der Waals surface area contributed by atoms with Crippen molar-refractivity contribution in [2.75, 3.05) is 23.8 Å². The van der Waals surface area contributed by atoms with Crippen LogP contribution in [0.4, 0.5) is 15.8 Å². The minimum Gasteiger partial charge on any atom is -0.490 e.